The largest absolute Gasteiger partial charge is 0.279 e. The van der Waals surface area contributed by atoms with Crippen molar-refractivity contribution in [3.8, 4) is 0 Å². The summed E-state index contributed by atoms with van der Waals surface area (Å²) in [4.78, 5) is 0.362. The summed E-state index contributed by atoms with van der Waals surface area (Å²) in [5.74, 6) is 0.256. The molecule has 0 aromatic heterocycles. The van der Waals surface area contributed by atoms with Crippen LogP contribution < -0.4 is 4.72 Å². The molecule has 2 aromatic rings. The van der Waals surface area contributed by atoms with Crippen LogP contribution in [0.15, 0.2) is 41.3 Å². The second-order valence-electron chi connectivity index (χ2n) is 6.94. The average Bonchev–Trinajstić information content (AvgIpc) is 2.56. The predicted molar refractivity (Wildman–Crippen MR) is 99.2 cm³/mol. The summed E-state index contributed by atoms with van der Waals surface area (Å²) in [6.45, 7) is 6.09. The van der Waals surface area contributed by atoms with Crippen LogP contribution in [0.1, 0.15) is 54.9 Å². The molecule has 1 aliphatic carbocycles. The van der Waals surface area contributed by atoms with Gasteiger partial charge in [-0.15, -0.1) is 0 Å². The van der Waals surface area contributed by atoms with Gasteiger partial charge in [0.1, 0.15) is 0 Å². The van der Waals surface area contributed by atoms with Gasteiger partial charge in [-0.25, -0.2) is 8.42 Å². The van der Waals surface area contributed by atoms with Crippen molar-refractivity contribution in [3.05, 3.63) is 58.7 Å². The molecule has 0 saturated carbocycles. The van der Waals surface area contributed by atoms with Gasteiger partial charge in [0.25, 0.3) is 10.0 Å². The Kier molecular flexibility index (Phi) is 4.68. The Balaban J connectivity index is 1.98. The summed E-state index contributed by atoms with van der Waals surface area (Å²) in [5.41, 5.74) is 5.15. The Morgan fingerprint density at radius 1 is 1.00 bits per heavy atom. The van der Waals surface area contributed by atoms with Crippen molar-refractivity contribution in [1.29, 1.82) is 0 Å². The molecule has 0 fully saturated rings. The predicted octanol–water partition coefficient (Wildman–Crippen LogP) is 4.80. The first-order valence-electron chi connectivity index (χ1n) is 8.62. The van der Waals surface area contributed by atoms with Crippen LogP contribution in [-0.4, -0.2) is 8.42 Å². The molecule has 4 heteroatoms. The summed E-state index contributed by atoms with van der Waals surface area (Å²) in [7, 11) is -3.58. The van der Waals surface area contributed by atoms with Gasteiger partial charge in [0.15, 0.2) is 0 Å². The van der Waals surface area contributed by atoms with E-state index in [4.69, 9.17) is 0 Å². The highest BCUT2D eigenvalue weighted by atomic mass is 32.2. The van der Waals surface area contributed by atoms with E-state index in [0.29, 0.717) is 10.6 Å². The highest BCUT2D eigenvalue weighted by Crippen LogP contribution is 2.30. The molecule has 0 unspecified atom stereocenters. The first kappa shape index (κ1) is 17.0. The molecule has 0 saturated heterocycles. The van der Waals surface area contributed by atoms with Crippen molar-refractivity contribution in [1.82, 2.24) is 0 Å². The lowest BCUT2D eigenvalue weighted by molar-refractivity contribution is 0.600. The lowest BCUT2D eigenvalue weighted by atomic mass is 9.92. The van der Waals surface area contributed by atoms with Gasteiger partial charge in [0.2, 0.25) is 0 Å². The maximum Gasteiger partial charge on any atom is 0.261 e. The van der Waals surface area contributed by atoms with Crippen molar-refractivity contribution in [2.45, 2.75) is 57.3 Å². The van der Waals surface area contributed by atoms with E-state index in [1.807, 2.05) is 37.3 Å². The second-order valence-corrected chi connectivity index (χ2v) is 8.62. The van der Waals surface area contributed by atoms with Crippen LogP contribution in [0, 0.1) is 6.92 Å². The summed E-state index contributed by atoms with van der Waals surface area (Å²) in [6, 6.07) is 11.5. The zero-order valence-electron chi connectivity index (χ0n) is 14.6. The zero-order valence-corrected chi connectivity index (χ0v) is 15.4. The molecule has 0 heterocycles. The Morgan fingerprint density at radius 2 is 1.71 bits per heavy atom. The summed E-state index contributed by atoms with van der Waals surface area (Å²) >= 11 is 0. The number of para-hydroxylation sites is 1. The average molecular weight is 343 g/mol. The first-order valence-corrected chi connectivity index (χ1v) is 10.1. The minimum Gasteiger partial charge on any atom is -0.279 e. The van der Waals surface area contributed by atoms with Crippen LogP contribution in [0.25, 0.3) is 0 Å². The molecular formula is C20H25NO2S. The van der Waals surface area contributed by atoms with E-state index in [1.165, 1.54) is 17.5 Å². The third-order valence-electron chi connectivity index (χ3n) is 4.79. The quantitative estimate of drug-likeness (QED) is 0.867. The minimum absolute atomic E-state index is 0.256. The smallest absolute Gasteiger partial charge is 0.261 e. The van der Waals surface area contributed by atoms with E-state index in [9.17, 15) is 8.42 Å². The number of sulfonamides is 1. The number of hydrogen-bond acceptors (Lipinski definition) is 2. The molecule has 3 nitrogen and oxygen atoms in total. The van der Waals surface area contributed by atoms with Crippen LogP contribution >= 0.6 is 0 Å². The van der Waals surface area contributed by atoms with Gasteiger partial charge in [-0.05, 0) is 72.9 Å². The van der Waals surface area contributed by atoms with Crippen molar-refractivity contribution in [3.63, 3.8) is 0 Å². The number of benzene rings is 2. The van der Waals surface area contributed by atoms with Gasteiger partial charge in [-0.2, -0.15) is 0 Å². The van der Waals surface area contributed by atoms with Crippen molar-refractivity contribution in [2.24, 2.45) is 0 Å². The number of aryl methyl sites for hydroxylation is 3. The van der Waals surface area contributed by atoms with Gasteiger partial charge in [0, 0.05) is 0 Å². The van der Waals surface area contributed by atoms with E-state index < -0.39 is 10.0 Å². The van der Waals surface area contributed by atoms with Crippen LogP contribution in [0.3, 0.4) is 0 Å². The molecule has 0 bridgehead atoms. The fourth-order valence-corrected chi connectivity index (χ4v) is 4.59. The molecule has 0 radical (unpaired) electrons. The van der Waals surface area contributed by atoms with Crippen molar-refractivity contribution >= 4 is 15.7 Å². The lowest BCUT2D eigenvalue weighted by Crippen LogP contribution is -2.16. The van der Waals surface area contributed by atoms with Crippen LogP contribution in [-0.2, 0) is 22.9 Å². The zero-order chi connectivity index (χ0) is 17.3. The van der Waals surface area contributed by atoms with Crippen LogP contribution in [0.2, 0.25) is 0 Å². The number of rotatable bonds is 4. The van der Waals surface area contributed by atoms with Crippen LogP contribution in [0.4, 0.5) is 5.69 Å². The van der Waals surface area contributed by atoms with Gasteiger partial charge in [-0.3, -0.25) is 4.72 Å². The van der Waals surface area contributed by atoms with Crippen LogP contribution in [0.5, 0.6) is 0 Å². The SMILES string of the molecule is Cc1cccc(C(C)C)c1NS(=O)(=O)c1ccc2c(c1)CCCC2. The third-order valence-corrected chi connectivity index (χ3v) is 6.14. The van der Waals surface area contributed by atoms with Crippen molar-refractivity contribution < 1.29 is 8.42 Å². The number of hydrogen-bond donors (Lipinski definition) is 1. The van der Waals surface area contributed by atoms with Crippen molar-refractivity contribution in [2.75, 3.05) is 4.72 Å². The standard InChI is InChI=1S/C20H25NO2S/c1-14(2)19-10-6-7-15(3)20(19)21-24(22,23)18-12-11-16-8-4-5-9-17(16)13-18/h6-7,10-14,21H,4-5,8-9H2,1-3H3. The maximum atomic E-state index is 12.9. The van der Waals surface area contributed by atoms with Gasteiger partial charge < -0.3 is 0 Å². The number of nitrogens with one attached hydrogen (secondary N) is 1. The molecular weight excluding hydrogens is 318 g/mol. The molecule has 0 spiro atoms. The molecule has 128 valence electrons. The Hall–Kier alpha value is -1.81. The fraction of sp³-hybridized carbons (Fsp3) is 0.400. The summed E-state index contributed by atoms with van der Waals surface area (Å²) < 4.78 is 28.6. The Bertz CT molecular complexity index is 854. The molecule has 0 amide bonds. The number of anilines is 1. The maximum absolute atomic E-state index is 12.9. The second kappa shape index (κ2) is 6.60. The minimum atomic E-state index is -3.58. The molecule has 3 rings (SSSR count). The van der Waals surface area contributed by atoms with Gasteiger partial charge in [-0.1, -0.05) is 38.1 Å². The van der Waals surface area contributed by atoms with Gasteiger partial charge >= 0.3 is 0 Å². The highest BCUT2D eigenvalue weighted by Gasteiger charge is 2.20. The number of fused-ring (bicyclic) bond motifs is 1. The molecule has 0 atom stereocenters. The van der Waals surface area contributed by atoms with E-state index in [0.717, 1.165) is 30.4 Å². The highest BCUT2D eigenvalue weighted by molar-refractivity contribution is 7.92. The van der Waals surface area contributed by atoms with E-state index >= 15 is 0 Å². The van der Waals surface area contributed by atoms with E-state index in [2.05, 4.69) is 18.6 Å². The first-order chi connectivity index (χ1) is 11.4. The lowest BCUT2D eigenvalue weighted by Gasteiger charge is -2.19. The molecule has 0 aliphatic heterocycles. The van der Waals surface area contributed by atoms with E-state index in [1.54, 1.807) is 6.07 Å². The Labute approximate surface area is 145 Å². The molecule has 2 aromatic carbocycles. The summed E-state index contributed by atoms with van der Waals surface area (Å²) in [6.07, 6.45) is 4.36. The monoisotopic (exact) mass is 343 g/mol. The topological polar surface area (TPSA) is 46.2 Å². The van der Waals surface area contributed by atoms with Gasteiger partial charge in [0.05, 0.1) is 10.6 Å². The van der Waals surface area contributed by atoms with E-state index in [-0.39, 0.29) is 5.92 Å². The normalized spacial score (nSPS) is 14.5. The molecule has 1 aliphatic rings. The molecule has 1 N–H and O–H groups in total. The molecule has 24 heavy (non-hydrogen) atoms. The summed E-state index contributed by atoms with van der Waals surface area (Å²) in [5, 5.41) is 0. The fourth-order valence-electron chi connectivity index (χ4n) is 3.38. The third kappa shape index (κ3) is 3.34. The Morgan fingerprint density at radius 3 is 2.42 bits per heavy atom.